The summed E-state index contributed by atoms with van der Waals surface area (Å²) in [4.78, 5) is 19.1. The lowest BCUT2D eigenvalue weighted by atomic mass is 10.1. The summed E-state index contributed by atoms with van der Waals surface area (Å²) in [5.74, 6) is 1.47. The molecule has 7 heteroatoms. The van der Waals surface area contributed by atoms with Gasteiger partial charge in [-0.05, 0) is 18.9 Å². The second-order valence-corrected chi connectivity index (χ2v) is 4.23. The topological polar surface area (TPSA) is 92.8 Å². The van der Waals surface area contributed by atoms with Gasteiger partial charge in [-0.3, -0.25) is 4.79 Å². The molecule has 2 aromatic heterocycles. The van der Waals surface area contributed by atoms with E-state index in [-0.39, 0.29) is 5.56 Å². The molecule has 3 heterocycles. The van der Waals surface area contributed by atoms with E-state index in [0.29, 0.717) is 28.8 Å². The molecule has 0 saturated carbocycles. The number of H-pyrrole nitrogens is 1. The van der Waals surface area contributed by atoms with Gasteiger partial charge < -0.3 is 15.0 Å². The van der Waals surface area contributed by atoms with E-state index in [1.807, 2.05) is 0 Å². The molecular formula is C12H13N5O2. The third-order valence-electron chi connectivity index (χ3n) is 3.00. The predicted octanol–water partition coefficient (Wildman–Crippen LogP) is 0.594. The summed E-state index contributed by atoms with van der Waals surface area (Å²) in [6.07, 6.45) is 1.69. The Balaban J connectivity index is 2.05. The third kappa shape index (κ3) is 2.14. The van der Waals surface area contributed by atoms with Crippen LogP contribution < -0.4 is 15.6 Å². The first kappa shape index (κ1) is 11.6. The van der Waals surface area contributed by atoms with Crippen LogP contribution in [0.3, 0.4) is 0 Å². The van der Waals surface area contributed by atoms with Crippen molar-refractivity contribution in [1.29, 1.82) is 0 Å². The van der Waals surface area contributed by atoms with E-state index < -0.39 is 0 Å². The Morgan fingerprint density at radius 3 is 2.95 bits per heavy atom. The minimum atomic E-state index is -0.121. The van der Waals surface area contributed by atoms with Gasteiger partial charge in [0.2, 0.25) is 5.88 Å². The number of aromatic nitrogens is 4. The van der Waals surface area contributed by atoms with Crippen LogP contribution in [0.5, 0.6) is 5.88 Å². The Labute approximate surface area is 109 Å². The minimum Gasteiger partial charge on any atom is -0.480 e. The molecule has 0 radical (unpaired) electrons. The van der Waals surface area contributed by atoms with Crippen molar-refractivity contribution in [2.75, 3.05) is 19.0 Å². The van der Waals surface area contributed by atoms with Gasteiger partial charge in [-0.2, -0.15) is 0 Å². The van der Waals surface area contributed by atoms with Crippen LogP contribution >= 0.6 is 0 Å². The molecule has 0 saturated heterocycles. The molecule has 0 aliphatic carbocycles. The number of hydrogen-bond donors (Lipinski definition) is 2. The number of nitrogens with one attached hydrogen (secondary N) is 2. The lowest BCUT2D eigenvalue weighted by Gasteiger charge is -2.16. The lowest BCUT2D eigenvalue weighted by molar-refractivity contribution is 0.392. The van der Waals surface area contributed by atoms with Crippen LogP contribution in [0.15, 0.2) is 16.9 Å². The van der Waals surface area contributed by atoms with Gasteiger partial charge in [-0.25, -0.2) is 4.98 Å². The molecule has 7 nitrogen and oxygen atoms in total. The highest BCUT2D eigenvalue weighted by atomic mass is 16.5. The van der Waals surface area contributed by atoms with Crippen molar-refractivity contribution in [3.63, 3.8) is 0 Å². The molecule has 1 aliphatic rings. The SMILES string of the molecule is COc1ccc(-c2nc3c(c(=O)[nH]2)CCCN3)nn1. The first-order valence-corrected chi connectivity index (χ1v) is 6.03. The van der Waals surface area contributed by atoms with Crippen molar-refractivity contribution < 1.29 is 4.74 Å². The standard InChI is InChI=1S/C12H13N5O2/c1-19-9-5-4-8(16-17-9)11-14-10-7(12(18)15-11)3-2-6-13-10/h4-5H,2-3,6H2,1H3,(H2,13,14,15,18). The van der Waals surface area contributed by atoms with E-state index in [4.69, 9.17) is 4.74 Å². The fourth-order valence-electron chi connectivity index (χ4n) is 2.02. The molecule has 2 N–H and O–H groups in total. The average Bonchev–Trinajstić information content (AvgIpc) is 2.47. The quantitative estimate of drug-likeness (QED) is 0.820. The van der Waals surface area contributed by atoms with Crippen molar-refractivity contribution in [2.45, 2.75) is 12.8 Å². The lowest BCUT2D eigenvalue weighted by Crippen LogP contribution is -2.24. The van der Waals surface area contributed by atoms with E-state index in [2.05, 4.69) is 25.5 Å². The zero-order valence-corrected chi connectivity index (χ0v) is 10.4. The maximum absolute atomic E-state index is 12.0. The molecule has 0 fully saturated rings. The van der Waals surface area contributed by atoms with Crippen LogP contribution in [-0.2, 0) is 6.42 Å². The van der Waals surface area contributed by atoms with Crippen LogP contribution in [0.4, 0.5) is 5.82 Å². The van der Waals surface area contributed by atoms with Gasteiger partial charge in [-0.15, -0.1) is 10.2 Å². The summed E-state index contributed by atoms with van der Waals surface area (Å²) in [6.45, 7) is 0.831. The first-order chi connectivity index (χ1) is 9.28. The smallest absolute Gasteiger partial charge is 0.256 e. The third-order valence-corrected chi connectivity index (χ3v) is 3.00. The maximum atomic E-state index is 12.0. The van der Waals surface area contributed by atoms with Gasteiger partial charge in [0.15, 0.2) is 5.82 Å². The number of fused-ring (bicyclic) bond motifs is 1. The highest BCUT2D eigenvalue weighted by molar-refractivity contribution is 5.55. The number of nitrogens with zero attached hydrogens (tertiary/aromatic N) is 3. The number of ether oxygens (including phenoxy) is 1. The summed E-state index contributed by atoms with van der Waals surface area (Å²) in [5, 5.41) is 11.0. The average molecular weight is 259 g/mol. The molecule has 19 heavy (non-hydrogen) atoms. The van der Waals surface area contributed by atoms with Crippen LogP contribution in [0.25, 0.3) is 11.5 Å². The van der Waals surface area contributed by atoms with Gasteiger partial charge in [-0.1, -0.05) is 0 Å². The summed E-state index contributed by atoms with van der Waals surface area (Å²) >= 11 is 0. The van der Waals surface area contributed by atoms with Crippen LogP contribution in [0, 0.1) is 0 Å². The molecule has 2 aromatic rings. The van der Waals surface area contributed by atoms with E-state index >= 15 is 0 Å². The number of methoxy groups -OCH3 is 1. The Hall–Kier alpha value is -2.44. The Kier molecular flexibility index (Phi) is 2.86. The largest absolute Gasteiger partial charge is 0.480 e. The van der Waals surface area contributed by atoms with E-state index in [9.17, 15) is 4.79 Å². The number of aromatic amines is 1. The zero-order valence-electron chi connectivity index (χ0n) is 10.4. The van der Waals surface area contributed by atoms with Gasteiger partial charge in [0.05, 0.1) is 12.7 Å². The number of hydrogen-bond acceptors (Lipinski definition) is 6. The molecular weight excluding hydrogens is 246 g/mol. The molecule has 0 bridgehead atoms. The van der Waals surface area contributed by atoms with Crippen LogP contribution in [-0.4, -0.2) is 33.8 Å². The zero-order chi connectivity index (χ0) is 13.2. The highest BCUT2D eigenvalue weighted by Gasteiger charge is 2.16. The van der Waals surface area contributed by atoms with E-state index in [1.54, 1.807) is 12.1 Å². The normalized spacial score (nSPS) is 13.5. The minimum absolute atomic E-state index is 0.121. The maximum Gasteiger partial charge on any atom is 0.256 e. The molecule has 0 unspecified atom stereocenters. The first-order valence-electron chi connectivity index (χ1n) is 6.03. The molecule has 0 spiro atoms. The molecule has 1 aliphatic heterocycles. The Morgan fingerprint density at radius 2 is 2.21 bits per heavy atom. The van der Waals surface area contributed by atoms with Gasteiger partial charge >= 0.3 is 0 Å². The van der Waals surface area contributed by atoms with Crippen molar-refractivity contribution in [3.05, 3.63) is 28.0 Å². The summed E-state index contributed by atoms with van der Waals surface area (Å²) in [6, 6.07) is 3.38. The van der Waals surface area contributed by atoms with Gasteiger partial charge in [0, 0.05) is 12.6 Å². The molecule has 98 valence electrons. The van der Waals surface area contributed by atoms with Crippen LogP contribution in [0.2, 0.25) is 0 Å². The van der Waals surface area contributed by atoms with Crippen molar-refractivity contribution in [2.24, 2.45) is 0 Å². The molecule has 3 rings (SSSR count). The van der Waals surface area contributed by atoms with Gasteiger partial charge in [0.25, 0.3) is 5.56 Å². The van der Waals surface area contributed by atoms with Crippen molar-refractivity contribution in [1.82, 2.24) is 20.2 Å². The Bertz CT molecular complexity index is 650. The monoisotopic (exact) mass is 259 g/mol. The van der Waals surface area contributed by atoms with Crippen molar-refractivity contribution >= 4 is 5.82 Å². The summed E-state index contributed by atoms with van der Waals surface area (Å²) in [5.41, 5.74) is 1.09. The fraction of sp³-hybridized carbons (Fsp3) is 0.333. The Morgan fingerprint density at radius 1 is 1.32 bits per heavy atom. The van der Waals surface area contributed by atoms with E-state index in [1.165, 1.54) is 7.11 Å². The molecule has 0 atom stereocenters. The molecule has 0 aromatic carbocycles. The van der Waals surface area contributed by atoms with Crippen molar-refractivity contribution in [3.8, 4) is 17.4 Å². The molecule has 0 amide bonds. The van der Waals surface area contributed by atoms with Crippen LogP contribution in [0.1, 0.15) is 12.0 Å². The summed E-state index contributed by atoms with van der Waals surface area (Å²) < 4.78 is 4.94. The second-order valence-electron chi connectivity index (χ2n) is 4.23. The second kappa shape index (κ2) is 4.68. The fourth-order valence-corrected chi connectivity index (χ4v) is 2.02. The number of anilines is 1. The van der Waals surface area contributed by atoms with Gasteiger partial charge in [0.1, 0.15) is 11.5 Å². The summed E-state index contributed by atoms with van der Waals surface area (Å²) in [7, 11) is 1.52. The predicted molar refractivity (Wildman–Crippen MR) is 69.2 cm³/mol. The number of rotatable bonds is 2. The highest BCUT2D eigenvalue weighted by Crippen LogP contribution is 2.19. The van der Waals surface area contributed by atoms with E-state index in [0.717, 1.165) is 19.4 Å².